The molecule has 0 bridgehead atoms. The summed E-state index contributed by atoms with van der Waals surface area (Å²) in [7, 11) is 1.36. The molecule has 3 saturated heterocycles. The van der Waals surface area contributed by atoms with Gasteiger partial charge in [-0.05, 0) is 50.1 Å². The molecule has 10 nitrogen and oxygen atoms in total. The number of benzene rings is 2. The van der Waals surface area contributed by atoms with Gasteiger partial charge in [-0.25, -0.2) is 4.90 Å². The summed E-state index contributed by atoms with van der Waals surface area (Å²) in [4.78, 5) is 55.6. The van der Waals surface area contributed by atoms with Gasteiger partial charge in [0.05, 0.1) is 23.9 Å². The van der Waals surface area contributed by atoms with Crippen LogP contribution < -0.4 is 15.0 Å². The lowest BCUT2D eigenvalue weighted by atomic mass is 9.75. The van der Waals surface area contributed by atoms with Gasteiger partial charge >= 0.3 is 0 Å². The van der Waals surface area contributed by atoms with E-state index in [1.54, 1.807) is 12.1 Å². The lowest BCUT2D eigenvalue weighted by Gasteiger charge is -2.36. The molecule has 3 fully saturated rings. The highest BCUT2D eigenvalue weighted by molar-refractivity contribution is 6.31. The molecule has 0 unspecified atom stereocenters. The van der Waals surface area contributed by atoms with Crippen molar-refractivity contribution in [1.82, 2.24) is 4.90 Å². The summed E-state index contributed by atoms with van der Waals surface area (Å²) in [5.74, 6) is -3.02. The standard InChI is InChI=1S/C24H21ClN4O6/c1-11-8-12(25)9-14-20(11)26-23(32)24(14)19-18(15-4-3-7-27(15)24)21(30)28(22(19)31)16-10-13(29(33)34)5-6-17(16)35-2/h5-6,8-10,15,18-19H,3-4,7H2,1-2H3,(H,26,32)/t15-,18-,19-,24-/m1/s1. The fourth-order valence-corrected chi connectivity index (χ4v) is 6.91. The first kappa shape index (κ1) is 22.0. The lowest BCUT2D eigenvalue weighted by Crippen LogP contribution is -2.54. The maximum atomic E-state index is 14.1. The molecule has 1 spiro atoms. The number of nitrogens with zero attached hydrogens (tertiary/aromatic N) is 3. The number of ether oxygens (including phenoxy) is 1. The molecular weight excluding hydrogens is 476 g/mol. The SMILES string of the molecule is COc1ccc([N+](=O)[O-])cc1N1C(=O)[C@@H]2[C@H]3CCCN3[C@@]3(C(=O)Nc4c(C)cc(Cl)cc43)[C@H]2C1=O. The molecule has 1 N–H and O–H groups in total. The summed E-state index contributed by atoms with van der Waals surface area (Å²) < 4.78 is 5.35. The molecule has 2 aromatic rings. The summed E-state index contributed by atoms with van der Waals surface area (Å²) in [6.07, 6.45) is 1.43. The normalized spacial score (nSPS) is 28.9. The molecule has 0 radical (unpaired) electrons. The topological polar surface area (TPSA) is 122 Å². The highest BCUT2D eigenvalue weighted by Crippen LogP contribution is 2.61. The van der Waals surface area contributed by atoms with Crippen molar-refractivity contribution in [3.63, 3.8) is 0 Å². The Morgan fingerprint density at radius 3 is 2.69 bits per heavy atom. The Kier molecular flexibility index (Phi) is 4.56. The number of carbonyl (C=O) groups is 3. The fourth-order valence-electron chi connectivity index (χ4n) is 6.64. The number of fused-ring (bicyclic) bond motifs is 7. The van der Waals surface area contributed by atoms with Gasteiger partial charge in [0.25, 0.3) is 5.69 Å². The van der Waals surface area contributed by atoms with Gasteiger partial charge in [-0.15, -0.1) is 0 Å². The maximum absolute atomic E-state index is 14.1. The number of anilines is 2. The number of hydrogen-bond acceptors (Lipinski definition) is 7. The zero-order chi connectivity index (χ0) is 24.8. The summed E-state index contributed by atoms with van der Waals surface area (Å²) >= 11 is 6.40. The number of hydrogen-bond donors (Lipinski definition) is 1. The summed E-state index contributed by atoms with van der Waals surface area (Å²) in [6.45, 7) is 2.40. The van der Waals surface area contributed by atoms with E-state index in [1.807, 2.05) is 11.8 Å². The van der Waals surface area contributed by atoms with Gasteiger partial charge < -0.3 is 10.1 Å². The van der Waals surface area contributed by atoms with Gasteiger partial charge in [-0.1, -0.05) is 11.6 Å². The third kappa shape index (κ3) is 2.61. The molecule has 4 aliphatic rings. The van der Waals surface area contributed by atoms with Crippen LogP contribution in [0, 0.1) is 28.9 Å². The van der Waals surface area contributed by atoms with Gasteiger partial charge in [0, 0.05) is 34.4 Å². The van der Waals surface area contributed by atoms with Crippen molar-refractivity contribution >= 4 is 46.4 Å². The van der Waals surface area contributed by atoms with Crippen LogP contribution in [-0.4, -0.2) is 47.2 Å². The Morgan fingerprint density at radius 2 is 1.97 bits per heavy atom. The van der Waals surface area contributed by atoms with Crippen LogP contribution in [0.25, 0.3) is 0 Å². The fraction of sp³-hybridized carbons (Fsp3) is 0.375. The number of nitro groups is 1. The van der Waals surface area contributed by atoms with Gasteiger partial charge in [0.1, 0.15) is 17.0 Å². The van der Waals surface area contributed by atoms with E-state index in [9.17, 15) is 24.5 Å². The molecule has 180 valence electrons. The molecule has 4 atom stereocenters. The zero-order valence-corrected chi connectivity index (χ0v) is 19.7. The van der Waals surface area contributed by atoms with Crippen LogP contribution in [0.5, 0.6) is 5.75 Å². The minimum Gasteiger partial charge on any atom is -0.495 e. The van der Waals surface area contributed by atoms with Crippen LogP contribution in [0.4, 0.5) is 17.1 Å². The van der Waals surface area contributed by atoms with Crippen LogP contribution >= 0.6 is 11.6 Å². The molecule has 0 aliphatic carbocycles. The minimum atomic E-state index is -1.38. The van der Waals surface area contributed by atoms with Gasteiger partial charge in [-0.3, -0.25) is 29.4 Å². The maximum Gasteiger partial charge on any atom is 0.271 e. The van der Waals surface area contributed by atoms with E-state index in [2.05, 4.69) is 5.32 Å². The van der Waals surface area contributed by atoms with Crippen molar-refractivity contribution in [3.8, 4) is 5.75 Å². The zero-order valence-electron chi connectivity index (χ0n) is 18.9. The molecule has 0 aromatic heterocycles. The van der Waals surface area contributed by atoms with Crippen molar-refractivity contribution in [3.05, 3.63) is 56.6 Å². The number of nitro benzene ring substituents is 1. The third-order valence-electron chi connectivity index (χ3n) is 7.88. The van der Waals surface area contributed by atoms with Gasteiger partial charge in [0.15, 0.2) is 0 Å². The Morgan fingerprint density at radius 1 is 1.20 bits per heavy atom. The number of rotatable bonds is 3. The monoisotopic (exact) mass is 496 g/mol. The van der Waals surface area contributed by atoms with Gasteiger partial charge in [0.2, 0.25) is 17.7 Å². The first-order valence-electron chi connectivity index (χ1n) is 11.3. The van der Waals surface area contributed by atoms with E-state index in [-0.39, 0.29) is 29.1 Å². The second kappa shape index (κ2) is 7.25. The van der Waals surface area contributed by atoms with Crippen molar-refractivity contribution in [2.75, 3.05) is 23.9 Å². The highest BCUT2D eigenvalue weighted by atomic mass is 35.5. The molecule has 3 amide bonds. The Labute approximate surface area is 204 Å². The van der Waals surface area contributed by atoms with Gasteiger partial charge in [-0.2, -0.15) is 0 Å². The van der Waals surface area contributed by atoms with Crippen molar-refractivity contribution < 1.29 is 24.0 Å². The average Bonchev–Trinajstić information content (AvgIpc) is 3.52. The smallest absolute Gasteiger partial charge is 0.271 e. The largest absolute Gasteiger partial charge is 0.495 e. The predicted octanol–water partition coefficient (Wildman–Crippen LogP) is 3.00. The van der Waals surface area contributed by atoms with Crippen LogP contribution in [0.2, 0.25) is 5.02 Å². The molecule has 4 aliphatic heterocycles. The number of halogens is 1. The second-order valence-electron chi connectivity index (χ2n) is 9.40. The lowest BCUT2D eigenvalue weighted by molar-refractivity contribution is -0.384. The molecule has 2 aromatic carbocycles. The number of amides is 3. The number of aryl methyl sites for hydroxylation is 1. The van der Waals surface area contributed by atoms with E-state index >= 15 is 0 Å². The van der Waals surface area contributed by atoms with Crippen LogP contribution in [0.15, 0.2) is 30.3 Å². The second-order valence-corrected chi connectivity index (χ2v) is 9.83. The van der Waals surface area contributed by atoms with Crippen LogP contribution in [0.3, 0.4) is 0 Å². The van der Waals surface area contributed by atoms with E-state index in [0.717, 1.165) is 16.9 Å². The van der Waals surface area contributed by atoms with E-state index in [1.165, 1.54) is 25.3 Å². The molecule has 11 heteroatoms. The Hall–Kier alpha value is -3.50. The Bertz CT molecular complexity index is 1360. The summed E-state index contributed by atoms with van der Waals surface area (Å²) in [5, 5.41) is 14.8. The molecule has 0 saturated carbocycles. The quantitative estimate of drug-likeness (QED) is 0.393. The summed E-state index contributed by atoms with van der Waals surface area (Å²) in [5.41, 5.74) is 0.324. The first-order valence-corrected chi connectivity index (χ1v) is 11.7. The summed E-state index contributed by atoms with van der Waals surface area (Å²) in [6, 6.07) is 6.91. The first-order chi connectivity index (χ1) is 16.7. The van der Waals surface area contributed by atoms with Crippen molar-refractivity contribution in [2.45, 2.75) is 31.3 Å². The molecule has 35 heavy (non-hydrogen) atoms. The number of carbonyl (C=O) groups excluding carboxylic acids is 3. The average molecular weight is 497 g/mol. The number of imide groups is 1. The van der Waals surface area contributed by atoms with Crippen LogP contribution in [-0.2, 0) is 19.9 Å². The number of methoxy groups -OCH3 is 1. The van der Waals surface area contributed by atoms with E-state index in [4.69, 9.17) is 16.3 Å². The van der Waals surface area contributed by atoms with Crippen LogP contribution in [0.1, 0.15) is 24.0 Å². The van der Waals surface area contributed by atoms with E-state index < -0.39 is 34.1 Å². The number of nitrogens with one attached hydrogen (secondary N) is 1. The minimum absolute atomic E-state index is 0.00620. The van der Waals surface area contributed by atoms with Crippen molar-refractivity contribution in [2.24, 2.45) is 11.8 Å². The third-order valence-corrected chi connectivity index (χ3v) is 8.10. The Balaban J connectivity index is 1.57. The molecule has 6 rings (SSSR count). The predicted molar refractivity (Wildman–Crippen MR) is 125 cm³/mol. The van der Waals surface area contributed by atoms with Crippen molar-refractivity contribution in [1.29, 1.82) is 0 Å². The molecular formula is C24H21ClN4O6. The van der Waals surface area contributed by atoms with E-state index in [0.29, 0.717) is 29.2 Å². The number of non-ortho nitro benzene ring substituents is 1. The molecule has 4 heterocycles. The highest BCUT2D eigenvalue weighted by Gasteiger charge is 2.75.